The Balaban J connectivity index is 2.42. The smallest absolute Gasteiger partial charge is 0.129 e. The van der Waals surface area contributed by atoms with E-state index >= 15 is 0 Å². The first-order valence-corrected chi connectivity index (χ1v) is 6.59. The molecule has 0 saturated carbocycles. The molecule has 0 saturated heterocycles. The number of benzene rings is 1. The van der Waals surface area contributed by atoms with Gasteiger partial charge in [0.15, 0.2) is 0 Å². The minimum atomic E-state index is -0.132. The van der Waals surface area contributed by atoms with Crippen molar-refractivity contribution in [2.75, 3.05) is 7.05 Å². The third-order valence-corrected chi connectivity index (χ3v) is 3.40. The number of furan rings is 1. The molecular weight excluding hydrogens is 241 g/mol. The fraction of sp³-hybridized carbons (Fsp3) is 0.375. The van der Waals surface area contributed by atoms with E-state index in [1.165, 1.54) is 0 Å². The lowest BCUT2D eigenvalue weighted by Crippen LogP contribution is -2.17. The van der Waals surface area contributed by atoms with Crippen molar-refractivity contribution in [3.05, 3.63) is 58.3 Å². The Morgan fingerprint density at radius 2 is 1.84 bits per heavy atom. The van der Waals surface area contributed by atoms with Crippen molar-refractivity contribution >= 4 is 0 Å². The Kier molecular flexibility index (Phi) is 4.05. The first-order valence-electron chi connectivity index (χ1n) is 6.59. The van der Waals surface area contributed by atoms with Gasteiger partial charge in [-0.3, -0.25) is 0 Å². The molecule has 0 radical (unpaired) electrons. The molecule has 0 amide bonds. The monoisotopic (exact) mass is 261 g/mol. The number of nitrogens with one attached hydrogen (secondary N) is 1. The molecule has 1 aromatic carbocycles. The predicted octanol–water partition coefficient (Wildman–Crippen LogP) is 3.91. The molecule has 2 rings (SSSR count). The van der Waals surface area contributed by atoms with Crippen LogP contribution in [0.1, 0.15) is 41.2 Å². The number of aryl methyl sites for hydroxylation is 3. The average molecular weight is 261 g/mol. The van der Waals surface area contributed by atoms with Gasteiger partial charge in [-0.15, -0.1) is 0 Å². The summed E-state index contributed by atoms with van der Waals surface area (Å²) in [6.07, 6.45) is 0.873. The summed E-state index contributed by atoms with van der Waals surface area (Å²) in [4.78, 5) is 0. The highest BCUT2D eigenvalue weighted by Crippen LogP contribution is 2.27. The van der Waals surface area contributed by atoms with Crippen LogP contribution in [0.5, 0.6) is 0 Å². The van der Waals surface area contributed by atoms with Gasteiger partial charge in [0.2, 0.25) is 0 Å². The second-order valence-electron chi connectivity index (χ2n) is 4.85. The van der Waals surface area contributed by atoms with Crippen LogP contribution in [-0.2, 0) is 6.42 Å². The summed E-state index contributed by atoms with van der Waals surface area (Å²) in [5, 5.41) is 3.23. The van der Waals surface area contributed by atoms with Gasteiger partial charge in [-0.2, -0.15) is 0 Å². The second-order valence-corrected chi connectivity index (χ2v) is 4.85. The largest absolute Gasteiger partial charge is 0.464 e. The van der Waals surface area contributed by atoms with Crippen molar-refractivity contribution in [1.29, 1.82) is 0 Å². The highest BCUT2D eigenvalue weighted by molar-refractivity contribution is 5.35. The van der Waals surface area contributed by atoms with E-state index in [0.29, 0.717) is 11.1 Å². The number of hydrogen-bond donors (Lipinski definition) is 1. The molecule has 0 aliphatic rings. The first-order chi connectivity index (χ1) is 9.06. The number of halogens is 1. The second kappa shape index (κ2) is 5.57. The van der Waals surface area contributed by atoms with Gasteiger partial charge in [0.05, 0.1) is 6.04 Å². The highest BCUT2D eigenvalue weighted by Gasteiger charge is 2.17. The van der Waals surface area contributed by atoms with E-state index in [2.05, 4.69) is 12.2 Å². The molecule has 19 heavy (non-hydrogen) atoms. The van der Waals surface area contributed by atoms with Crippen LogP contribution in [-0.4, -0.2) is 7.05 Å². The zero-order chi connectivity index (χ0) is 14.0. The van der Waals surface area contributed by atoms with E-state index in [1.807, 2.05) is 31.3 Å². The van der Waals surface area contributed by atoms with Gasteiger partial charge in [-0.1, -0.05) is 19.1 Å². The molecule has 1 N–H and O–H groups in total. The summed E-state index contributed by atoms with van der Waals surface area (Å²) in [6.45, 7) is 5.64. The summed E-state index contributed by atoms with van der Waals surface area (Å²) in [5.41, 5.74) is 2.35. The molecule has 0 aliphatic carbocycles. The first kappa shape index (κ1) is 13.8. The molecule has 3 heteroatoms. The molecule has 102 valence electrons. The molecule has 1 aromatic heterocycles. The third-order valence-electron chi connectivity index (χ3n) is 3.40. The van der Waals surface area contributed by atoms with Crippen molar-refractivity contribution in [3.8, 4) is 0 Å². The van der Waals surface area contributed by atoms with E-state index in [9.17, 15) is 4.39 Å². The van der Waals surface area contributed by atoms with E-state index in [-0.39, 0.29) is 11.9 Å². The van der Waals surface area contributed by atoms with Crippen LogP contribution < -0.4 is 5.32 Å². The topological polar surface area (TPSA) is 25.2 Å². The van der Waals surface area contributed by atoms with Crippen molar-refractivity contribution < 1.29 is 8.81 Å². The molecule has 1 atom stereocenters. The van der Waals surface area contributed by atoms with Crippen LogP contribution in [0.3, 0.4) is 0 Å². The Bertz CT molecular complexity index is 551. The Labute approximate surface area is 113 Å². The minimum Gasteiger partial charge on any atom is -0.464 e. The fourth-order valence-electron chi connectivity index (χ4n) is 2.36. The summed E-state index contributed by atoms with van der Waals surface area (Å²) in [7, 11) is 1.88. The normalized spacial score (nSPS) is 12.7. The van der Waals surface area contributed by atoms with Gasteiger partial charge in [0.1, 0.15) is 17.3 Å². The average Bonchev–Trinajstić information content (AvgIpc) is 2.85. The molecule has 0 bridgehead atoms. The van der Waals surface area contributed by atoms with Gasteiger partial charge >= 0.3 is 0 Å². The minimum absolute atomic E-state index is 0.0432. The molecule has 0 spiro atoms. The number of hydrogen-bond acceptors (Lipinski definition) is 2. The van der Waals surface area contributed by atoms with E-state index < -0.39 is 0 Å². The van der Waals surface area contributed by atoms with E-state index in [0.717, 1.165) is 23.5 Å². The summed E-state index contributed by atoms with van der Waals surface area (Å²) >= 11 is 0. The predicted molar refractivity (Wildman–Crippen MR) is 74.9 cm³/mol. The zero-order valence-corrected chi connectivity index (χ0v) is 11.9. The standard InChI is InChI=1S/C16H20FNO/c1-5-13-6-7-14(19-13)16(18-4)12-8-10(2)15(17)11(3)9-12/h6-9,16,18H,5H2,1-4H3. The van der Waals surface area contributed by atoms with Crippen molar-refractivity contribution in [2.45, 2.75) is 33.2 Å². The molecule has 1 heterocycles. The lowest BCUT2D eigenvalue weighted by Gasteiger charge is -2.16. The molecule has 0 fully saturated rings. The molecule has 0 aliphatic heterocycles. The SMILES string of the molecule is CCc1ccc(C(NC)c2cc(C)c(F)c(C)c2)o1. The van der Waals surface area contributed by atoms with Crippen LogP contribution in [0.25, 0.3) is 0 Å². The quantitative estimate of drug-likeness (QED) is 0.902. The maximum atomic E-state index is 13.7. The highest BCUT2D eigenvalue weighted by atomic mass is 19.1. The maximum Gasteiger partial charge on any atom is 0.129 e. The molecular formula is C16H20FNO. The van der Waals surface area contributed by atoms with Crippen LogP contribution in [0.15, 0.2) is 28.7 Å². The Hall–Kier alpha value is -1.61. The maximum absolute atomic E-state index is 13.7. The van der Waals surface area contributed by atoms with Crippen LogP contribution in [0.2, 0.25) is 0 Å². The van der Waals surface area contributed by atoms with Gasteiger partial charge in [0.25, 0.3) is 0 Å². The fourth-order valence-corrected chi connectivity index (χ4v) is 2.36. The van der Waals surface area contributed by atoms with Crippen molar-refractivity contribution in [2.24, 2.45) is 0 Å². The van der Waals surface area contributed by atoms with Crippen molar-refractivity contribution in [1.82, 2.24) is 5.32 Å². The summed E-state index contributed by atoms with van der Waals surface area (Å²) < 4.78 is 19.5. The summed E-state index contributed by atoms with van der Waals surface area (Å²) in [5.74, 6) is 1.70. The van der Waals surface area contributed by atoms with Gasteiger partial charge in [-0.25, -0.2) is 4.39 Å². The third kappa shape index (κ3) is 2.71. The van der Waals surface area contributed by atoms with Crippen LogP contribution >= 0.6 is 0 Å². The Morgan fingerprint density at radius 1 is 1.21 bits per heavy atom. The van der Waals surface area contributed by atoms with Crippen molar-refractivity contribution in [3.63, 3.8) is 0 Å². The van der Waals surface area contributed by atoms with E-state index in [4.69, 9.17) is 4.42 Å². The zero-order valence-electron chi connectivity index (χ0n) is 11.9. The molecule has 1 unspecified atom stereocenters. The molecule has 2 aromatic rings. The van der Waals surface area contributed by atoms with E-state index in [1.54, 1.807) is 13.8 Å². The summed E-state index contributed by atoms with van der Waals surface area (Å²) in [6, 6.07) is 7.67. The van der Waals surface area contributed by atoms with Gasteiger partial charge < -0.3 is 9.73 Å². The lowest BCUT2D eigenvalue weighted by atomic mass is 9.99. The Morgan fingerprint density at radius 3 is 2.32 bits per heavy atom. The number of rotatable bonds is 4. The van der Waals surface area contributed by atoms with Crippen LogP contribution in [0, 0.1) is 19.7 Å². The lowest BCUT2D eigenvalue weighted by molar-refractivity contribution is 0.433. The molecule has 2 nitrogen and oxygen atoms in total. The van der Waals surface area contributed by atoms with Crippen LogP contribution in [0.4, 0.5) is 4.39 Å². The van der Waals surface area contributed by atoms with Gasteiger partial charge in [0, 0.05) is 6.42 Å². The van der Waals surface area contributed by atoms with Gasteiger partial charge in [-0.05, 0) is 49.7 Å².